The average molecular weight is 380 g/mol. The van der Waals surface area contributed by atoms with Gasteiger partial charge in [0, 0.05) is 21.0 Å². The van der Waals surface area contributed by atoms with Gasteiger partial charge in [0.15, 0.2) is 5.76 Å². The summed E-state index contributed by atoms with van der Waals surface area (Å²) >= 11 is 1.38. The fraction of sp³-hybridized carbons (Fsp3) is 0.235. The summed E-state index contributed by atoms with van der Waals surface area (Å²) in [5.41, 5.74) is 2.34. The molecule has 0 unspecified atom stereocenters. The molecule has 5 nitrogen and oxygen atoms in total. The summed E-state index contributed by atoms with van der Waals surface area (Å²) in [6.07, 6.45) is 0. The van der Waals surface area contributed by atoms with Crippen LogP contribution in [-0.4, -0.2) is 13.6 Å². The van der Waals surface area contributed by atoms with Crippen molar-refractivity contribution >= 4 is 27.0 Å². The molecule has 2 aromatic heterocycles. The number of thiophene rings is 1. The van der Waals surface area contributed by atoms with Gasteiger partial charge in [0.2, 0.25) is 0 Å². The Morgan fingerprint density at radius 3 is 2.28 bits per heavy atom. The number of halogens is 1. The lowest BCUT2D eigenvalue weighted by atomic mass is 10.1. The van der Waals surface area contributed by atoms with Crippen molar-refractivity contribution < 1.29 is 17.3 Å². The van der Waals surface area contributed by atoms with Gasteiger partial charge in [0.1, 0.15) is 10.7 Å². The van der Waals surface area contributed by atoms with Gasteiger partial charge in [-0.2, -0.15) is 0 Å². The highest BCUT2D eigenvalue weighted by Gasteiger charge is 2.29. The van der Waals surface area contributed by atoms with E-state index in [0.717, 1.165) is 10.4 Å². The first kappa shape index (κ1) is 17.6. The molecule has 0 radical (unpaired) electrons. The third-order valence-electron chi connectivity index (χ3n) is 3.95. The molecular formula is C17H17FN2O3S2. The Morgan fingerprint density at radius 1 is 1.08 bits per heavy atom. The lowest BCUT2D eigenvalue weighted by Gasteiger charge is -2.10. The van der Waals surface area contributed by atoms with Crippen LogP contribution in [0.5, 0.6) is 0 Å². The van der Waals surface area contributed by atoms with Crippen molar-refractivity contribution in [3.8, 4) is 11.3 Å². The Hall–Kier alpha value is -2.19. The van der Waals surface area contributed by atoms with Crippen LogP contribution in [0.3, 0.4) is 0 Å². The molecule has 132 valence electrons. The molecule has 0 amide bonds. The number of nitrogens with zero attached hydrogens (tertiary/aromatic N) is 1. The lowest BCUT2D eigenvalue weighted by Crippen LogP contribution is -2.14. The van der Waals surface area contributed by atoms with Crippen molar-refractivity contribution in [2.45, 2.75) is 32.6 Å². The monoisotopic (exact) mass is 380 g/mol. The molecule has 2 heterocycles. The number of aromatic nitrogens is 1. The van der Waals surface area contributed by atoms with Crippen molar-refractivity contribution in [2.24, 2.45) is 0 Å². The largest absolute Gasteiger partial charge is 0.356 e. The van der Waals surface area contributed by atoms with E-state index in [2.05, 4.69) is 9.88 Å². The maximum Gasteiger partial charge on any atom is 0.263 e. The first-order valence-corrected chi connectivity index (χ1v) is 9.82. The second-order valence-electron chi connectivity index (χ2n) is 5.75. The minimum atomic E-state index is -3.87. The van der Waals surface area contributed by atoms with Crippen molar-refractivity contribution in [2.75, 3.05) is 4.72 Å². The molecule has 0 saturated heterocycles. The number of hydrogen-bond acceptors (Lipinski definition) is 5. The Morgan fingerprint density at radius 2 is 1.72 bits per heavy atom. The van der Waals surface area contributed by atoms with E-state index in [1.807, 2.05) is 20.8 Å². The number of sulfonamides is 1. The fourth-order valence-corrected chi connectivity index (χ4v) is 5.53. The maximum absolute atomic E-state index is 13.0. The summed E-state index contributed by atoms with van der Waals surface area (Å²) in [6.45, 7) is 7.25. The second kappa shape index (κ2) is 6.27. The molecule has 0 aliphatic carbocycles. The van der Waals surface area contributed by atoms with Crippen LogP contribution >= 0.6 is 11.3 Å². The number of aryl methyl sites for hydroxylation is 3. The molecule has 3 rings (SSSR count). The summed E-state index contributed by atoms with van der Waals surface area (Å²) in [4.78, 5) is 1.64. The van der Waals surface area contributed by atoms with Crippen LogP contribution in [-0.2, 0) is 10.0 Å². The van der Waals surface area contributed by atoms with Crippen LogP contribution in [0.4, 0.5) is 10.1 Å². The molecular weight excluding hydrogens is 363 g/mol. The molecule has 8 heteroatoms. The van der Waals surface area contributed by atoms with Gasteiger partial charge >= 0.3 is 0 Å². The van der Waals surface area contributed by atoms with Crippen molar-refractivity contribution in [3.63, 3.8) is 0 Å². The first-order chi connectivity index (χ1) is 11.7. The van der Waals surface area contributed by atoms with E-state index in [9.17, 15) is 12.8 Å². The third-order valence-corrected chi connectivity index (χ3v) is 6.66. The highest BCUT2D eigenvalue weighted by molar-refractivity contribution is 7.93. The summed E-state index contributed by atoms with van der Waals surface area (Å²) in [5, 5.41) is 3.93. The Balaban J connectivity index is 2.13. The van der Waals surface area contributed by atoms with Crippen LogP contribution in [0.2, 0.25) is 0 Å². The molecule has 0 aliphatic heterocycles. The zero-order chi connectivity index (χ0) is 18.4. The SMILES string of the molecule is Cc1noc(-c2c(C)sc(C)c2S(=O)(=O)Nc2ccc(F)cc2)c1C. The Bertz CT molecular complexity index is 1030. The van der Waals surface area contributed by atoms with E-state index in [1.54, 1.807) is 6.92 Å². The van der Waals surface area contributed by atoms with Crippen LogP contribution < -0.4 is 4.72 Å². The topological polar surface area (TPSA) is 72.2 Å². The van der Waals surface area contributed by atoms with E-state index in [4.69, 9.17) is 4.52 Å². The Kier molecular flexibility index (Phi) is 4.42. The normalized spacial score (nSPS) is 11.7. The van der Waals surface area contributed by atoms with E-state index in [0.29, 0.717) is 27.6 Å². The number of rotatable bonds is 4. The summed E-state index contributed by atoms with van der Waals surface area (Å²) < 4.78 is 46.9. The third kappa shape index (κ3) is 3.19. The summed E-state index contributed by atoms with van der Waals surface area (Å²) in [7, 11) is -3.87. The smallest absolute Gasteiger partial charge is 0.263 e. The predicted molar refractivity (Wildman–Crippen MR) is 96.0 cm³/mol. The lowest BCUT2D eigenvalue weighted by molar-refractivity contribution is 0.426. The maximum atomic E-state index is 13.0. The predicted octanol–water partition coefficient (Wildman–Crippen LogP) is 4.58. The number of hydrogen-bond donors (Lipinski definition) is 1. The van der Waals surface area contributed by atoms with Crippen LogP contribution in [0.25, 0.3) is 11.3 Å². The van der Waals surface area contributed by atoms with Crippen molar-refractivity contribution in [1.29, 1.82) is 0 Å². The second-order valence-corrected chi connectivity index (χ2v) is 8.80. The molecule has 0 fully saturated rings. The van der Waals surface area contributed by atoms with Gasteiger partial charge in [-0.3, -0.25) is 4.72 Å². The van der Waals surface area contributed by atoms with Gasteiger partial charge in [-0.1, -0.05) is 5.16 Å². The van der Waals surface area contributed by atoms with Gasteiger partial charge < -0.3 is 4.52 Å². The zero-order valence-electron chi connectivity index (χ0n) is 14.2. The van der Waals surface area contributed by atoms with E-state index >= 15 is 0 Å². The summed E-state index contributed by atoms with van der Waals surface area (Å²) in [5.74, 6) is 0.0257. The van der Waals surface area contributed by atoms with E-state index in [1.165, 1.54) is 35.6 Å². The van der Waals surface area contributed by atoms with Gasteiger partial charge in [0.05, 0.1) is 11.3 Å². The molecule has 1 aromatic carbocycles. The molecule has 0 saturated carbocycles. The van der Waals surface area contributed by atoms with Gasteiger partial charge in [0.25, 0.3) is 10.0 Å². The molecule has 3 aromatic rings. The van der Waals surface area contributed by atoms with Crippen LogP contribution in [0.1, 0.15) is 21.0 Å². The molecule has 25 heavy (non-hydrogen) atoms. The average Bonchev–Trinajstić information content (AvgIpc) is 3.01. The minimum Gasteiger partial charge on any atom is -0.356 e. The van der Waals surface area contributed by atoms with E-state index < -0.39 is 15.8 Å². The minimum absolute atomic E-state index is 0.165. The van der Waals surface area contributed by atoms with Crippen molar-refractivity contribution in [1.82, 2.24) is 5.16 Å². The fourth-order valence-electron chi connectivity index (χ4n) is 2.62. The van der Waals surface area contributed by atoms with Gasteiger partial charge in [-0.25, -0.2) is 12.8 Å². The quantitative estimate of drug-likeness (QED) is 0.719. The van der Waals surface area contributed by atoms with Gasteiger partial charge in [-0.05, 0) is 52.0 Å². The van der Waals surface area contributed by atoms with Gasteiger partial charge in [-0.15, -0.1) is 11.3 Å². The first-order valence-electron chi connectivity index (χ1n) is 7.52. The van der Waals surface area contributed by atoms with Crippen LogP contribution in [0, 0.1) is 33.5 Å². The number of nitrogens with one attached hydrogen (secondary N) is 1. The Labute approximate surface area is 149 Å². The molecule has 0 bridgehead atoms. The highest BCUT2D eigenvalue weighted by atomic mass is 32.2. The summed E-state index contributed by atoms with van der Waals surface area (Å²) in [6, 6.07) is 5.17. The van der Waals surface area contributed by atoms with Crippen LogP contribution in [0.15, 0.2) is 33.7 Å². The highest BCUT2D eigenvalue weighted by Crippen LogP contribution is 2.41. The standard InChI is InChI=1S/C17H17FN2O3S2/c1-9-10(2)19-23-16(9)15-11(3)24-12(4)17(15)25(21,22)20-14-7-5-13(18)6-8-14/h5-8,20H,1-4H3. The molecule has 1 N–H and O–H groups in total. The zero-order valence-corrected chi connectivity index (χ0v) is 15.8. The molecule has 0 spiro atoms. The number of anilines is 1. The molecule has 0 atom stereocenters. The molecule has 0 aliphatic rings. The van der Waals surface area contributed by atoms with Crippen molar-refractivity contribution in [3.05, 3.63) is 51.1 Å². The van der Waals surface area contributed by atoms with E-state index in [-0.39, 0.29) is 4.90 Å². The number of benzene rings is 1.